The van der Waals surface area contributed by atoms with E-state index >= 15 is 0 Å². The number of carbonyl (C=O) groups is 2. The summed E-state index contributed by atoms with van der Waals surface area (Å²) in [6.45, 7) is 6.30. The molecule has 0 fully saturated rings. The average Bonchev–Trinajstić information content (AvgIpc) is 1.81. The fourth-order valence-electron chi connectivity index (χ4n) is 0.869. The van der Waals surface area contributed by atoms with E-state index in [1.807, 2.05) is 20.8 Å². The lowest BCUT2D eigenvalue weighted by atomic mass is 9.92. The number of nitrogens with two attached hydrogens (primary N) is 1. The molecule has 0 bridgehead atoms. The maximum atomic E-state index is 11.2. The van der Waals surface area contributed by atoms with Gasteiger partial charge in [0.1, 0.15) is 0 Å². The highest BCUT2D eigenvalue weighted by molar-refractivity contribution is 5.78. The minimum absolute atomic E-state index is 0.0171. The average molecular weight is 186 g/mol. The van der Waals surface area contributed by atoms with E-state index in [-0.39, 0.29) is 17.7 Å². The first-order valence-electron chi connectivity index (χ1n) is 4.36. The van der Waals surface area contributed by atoms with Crippen LogP contribution in [0.3, 0.4) is 0 Å². The Balaban J connectivity index is 3.59. The largest absolute Gasteiger partial charge is 0.370 e. The molecule has 0 aromatic carbocycles. The molecule has 76 valence electrons. The number of nitrogens with one attached hydrogen (secondary N) is 1. The van der Waals surface area contributed by atoms with Crippen molar-refractivity contribution >= 4 is 11.8 Å². The Morgan fingerprint density at radius 3 is 2.23 bits per heavy atom. The van der Waals surface area contributed by atoms with Crippen LogP contribution in [-0.4, -0.2) is 18.4 Å². The summed E-state index contributed by atoms with van der Waals surface area (Å²) in [7, 11) is 0. The van der Waals surface area contributed by atoms with Gasteiger partial charge in [0.25, 0.3) is 0 Å². The maximum absolute atomic E-state index is 11.2. The van der Waals surface area contributed by atoms with Gasteiger partial charge in [-0.2, -0.15) is 0 Å². The highest BCUT2D eigenvalue weighted by Gasteiger charge is 2.15. The smallest absolute Gasteiger partial charge is 0.220 e. The quantitative estimate of drug-likeness (QED) is 0.667. The van der Waals surface area contributed by atoms with E-state index in [2.05, 4.69) is 5.32 Å². The van der Waals surface area contributed by atoms with Crippen LogP contribution in [-0.2, 0) is 9.59 Å². The van der Waals surface area contributed by atoms with Crippen LogP contribution in [0.2, 0.25) is 0 Å². The molecular formula is C9H18N2O2. The van der Waals surface area contributed by atoms with Crippen LogP contribution in [0.5, 0.6) is 0 Å². The molecule has 0 radical (unpaired) electrons. The molecule has 4 nitrogen and oxygen atoms in total. The van der Waals surface area contributed by atoms with Crippen LogP contribution >= 0.6 is 0 Å². The van der Waals surface area contributed by atoms with Gasteiger partial charge in [-0.3, -0.25) is 9.59 Å². The fraction of sp³-hybridized carbons (Fsp3) is 0.778. The SMILES string of the molecule is CC(C)(C)CC(=O)NCCC(N)=O. The summed E-state index contributed by atoms with van der Waals surface area (Å²) in [5.74, 6) is -0.426. The highest BCUT2D eigenvalue weighted by Crippen LogP contribution is 2.17. The third kappa shape index (κ3) is 8.85. The fourth-order valence-corrected chi connectivity index (χ4v) is 0.869. The second-order valence-corrected chi connectivity index (χ2v) is 4.30. The van der Waals surface area contributed by atoms with E-state index in [1.165, 1.54) is 0 Å². The number of rotatable bonds is 4. The van der Waals surface area contributed by atoms with Gasteiger partial charge >= 0.3 is 0 Å². The van der Waals surface area contributed by atoms with Crippen molar-refractivity contribution in [3.05, 3.63) is 0 Å². The van der Waals surface area contributed by atoms with Crippen LogP contribution in [0.25, 0.3) is 0 Å². The molecule has 0 aromatic heterocycles. The van der Waals surface area contributed by atoms with Gasteiger partial charge in [-0.15, -0.1) is 0 Å². The van der Waals surface area contributed by atoms with Crippen LogP contribution in [0.1, 0.15) is 33.6 Å². The van der Waals surface area contributed by atoms with Crippen molar-refractivity contribution in [1.29, 1.82) is 0 Å². The molecule has 0 heterocycles. The number of amides is 2. The lowest BCUT2D eigenvalue weighted by molar-refractivity contribution is -0.123. The van der Waals surface area contributed by atoms with Crippen molar-refractivity contribution in [2.45, 2.75) is 33.6 Å². The Bertz CT molecular complexity index is 194. The zero-order valence-electron chi connectivity index (χ0n) is 8.52. The molecule has 13 heavy (non-hydrogen) atoms. The first-order valence-corrected chi connectivity index (χ1v) is 4.36. The van der Waals surface area contributed by atoms with Gasteiger partial charge in [0.05, 0.1) is 0 Å². The van der Waals surface area contributed by atoms with Crippen molar-refractivity contribution in [2.24, 2.45) is 11.1 Å². The molecule has 0 aliphatic carbocycles. The van der Waals surface area contributed by atoms with Crippen LogP contribution < -0.4 is 11.1 Å². The van der Waals surface area contributed by atoms with Crippen molar-refractivity contribution in [2.75, 3.05) is 6.54 Å². The van der Waals surface area contributed by atoms with E-state index in [1.54, 1.807) is 0 Å². The van der Waals surface area contributed by atoms with Gasteiger partial charge in [-0.25, -0.2) is 0 Å². The maximum Gasteiger partial charge on any atom is 0.220 e. The Labute approximate surface area is 78.9 Å². The third-order valence-electron chi connectivity index (χ3n) is 1.38. The number of hydrogen-bond acceptors (Lipinski definition) is 2. The van der Waals surface area contributed by atoms with Crippen LogP contribution in [0.15, 0.2) is 0 Å². The standard InChI is InChI=1S/C9H18N2O2/c1-9(2,3)6-8(13)11-5-4-7(10)12/h4-6H2,1-3H3,(H2,10,12)(H,11,13). The molecule has 4 heteroatoms. The molecule has 0 atom stereocenters. The van der Waals surface area contributed by atoms with Gasteiger partial charge in [0.2, 0.25) is 11.8 Å². The molecule has 0 aromatic rings. The Morgan fingerprint density at radius 1 is 1.31 bits per heavy atom. The summed E-state index contributed by atoms with van der Waals surface area (Å²) in [4.78, 5) is 21.5. The topological polar surface area (TPSA) is 72.2 Å². The molecule has 0 saturated carbocycles. The number of carbonyl (C=O) groups excluding carboxylic acids is 2. The monoisotopic (exact) mass is 186 g/mol. The second-order valence-electron chi connectivity index (χ2n) is 4.30. The van der Waals surface area contributed by atoms with Crippen LogP contribution in [0.4, 0.5) is 0 Å². The first kappa shape index (κ1) is 11.9. The normalized spacial score (nSPS) is 11.0. The zero-order chi connectivity index (χ0) is 10.5. The lowest BCUT2D eigenvalue weighted by Crippen LogP contribution is -2.30. The minimum atomic E-state index is -0.393. The molecule has 0 spiro atoms. The summed E-state index contributed by atoms with van der Waals surface area (Å²) in [5.41, 5.74) is 4.90. The van der Waals surface area contributed by atoms with Gasteiger partial charge in [0.15, 0.2) is 0 Å². The lowest BCUT2D eigenvalue weighted by Gasteiger charge is -2.16. The van der Waals surface area contributed by atoms with Crippen molar-refractivity contribution in [1.82, 2.24) is 5.32 Å². The van der Waals surface area contributed by atoms with Crippen LogP contribution in [0, 0.1) is 5.41 Å². The van der Waals surface area contributed by atoms with E-state index < -0.39 is 5.91 Å². The molecule has 0 saturated heterocycles. The summed E-state index contributed by atoms with van der Waals surface area (Å²) >= 11 is 0. The highest BCUT2D eigenvalue weighted by atomic mass is 16.2. The molecule has 3 N–H and O–H groups in total. The van der Waals surface area contributed by atoms with Gasteiger partial charge in [-0.05, 0) is 5.41 Å². The molecule has 0 aliphatic rings. The zero-order valence-corrected chi connectivity index (χ0v) is 8.52. The first-order chi connectivity index (χ1) is 5.81. The third-order valence-corrected chi connectivity index (χ3v) is 1.38. The summed E-state index contributed by atoms with van der Waals surface area (Å²) in [6, 6.07) is 0. The molecule has 0 aliphatic heterocycles. The van der Waals surface area contributed by atoms with Gasteiger partial charge < -0.3 is 11.1 Å². The predicted octanol–water partition coefficient (Wildman–Crippen LogP) is 0.414. The molecule has 0 unspecified atom stereocenters. The second kappa shape index (κ2) is 4.84. The van der Waals surface area contributed by atoms with Crippen molar-refractivity contribution in [3.63, 3.8) is 0 Å². The van der Waals surface area contributed by atoms with E-state index in [4.69, 9.17) is 5.73 Å². The number of hydrogen-bond donors (Lipinski definition) is 2. The van der Waals surface area contributed by atoms with Gasteiger partial charge in [-0.1, -0.05) is 20.8 Å². The minimum Gasteiger partial charge on any atom is -0.370 e. The van der Waals surface area contributed by atoms with E-state index in [0.717, 1.165) is 0 Å². The molecule has 0 rings (SSSR count). The summed E-state index contributed by atoms with van der Waals surface area (Å²) in [5, 5.41) is 2.63. The van der Waals surface area contributed by atoms with Crippen molar-refractivity contribution < 1.29 is 9.59 Å². The number of primary amides is 1. The Morgan fingerprint density at radius 2 is 1.85 bits per heavy atom. The van der Waals surface area contributed by atoms with E-state index in [0.29, 0.717) is 13.0 Å². The summed E-state index contributed by atoms with van der Waals surface area (Å²) in [6.07, 6.45) is 0.668. The Hall–Kier alpha value is -1.06. The molecule has 2 amide bonds. The van der Waals surface area contributed by atoms with E-state index in [9.17, 15) is 9.59 Å². The molecular weight excluding hydrogens is 168 g/mol. The Kier molecular flexibility index (Phi) is 4.45. The predicted molar refractivity (Wildman–Crippen MR) is 50.9 cm³/mol. The summed E-state index contributed by atoms with van der Waals surface area (Å²) < 4.78 is 0. The van der Waals surface area contributed by atoms with Gasteiger partial charge in [0, 0.05) is 19.4 Å². The van der Waals surface area contributed by atoms with Crippen molar-refractivity contribution in [3.8, 4) is 0 Å².